The van der Waals surface area contributed by atoms with Gasteiger partial charge in [-0.3, -0.25) is 14.8 Å². The summed E-state index contributed by atoms with van der Waals surface area (Å²) >= 11 is 0. The Morgan fingerprint density at radius 1 is 1.19 bits per heavy atom. The second-order valence-corrected chi connectivity index (χ2v) is 5.79. The fourth-order valence-electron chi connectivity index (χ4n) is 2.54. The van der Waals surface area contributed by atoms with E-state index in [1.165, 1.54) is 0 Å². The largest absolute Gasteiger partial charge is 0.493 e. The van der Waals surface area contributed by atoms with Crippen molar-refractivity contribution < 1.29 is 13.9 Å². The molecule has 0 atom stereocenters. The standard InChI is InChI=1S/C19H21FN4O2/c20-10-4-12-26-15-7-8-17-16(13-15)18(24-23-17)22-19(25)21-11-9-14-5-2-1-3-6-14/h1-3,5-8,13H,4,9-12H2,(H3,21,22,23,24,25). The molecular weight excluding hydrogens is 335 g/mol. The van der Waals surface area contributed by atoms with Crippen LogP contribution in [0.5, 0.6) is 5.75 Å². The van der Waals surface area contributed by atoms with Gasteiger partial charge in [0.05, 0.1) is 18.8 Å². The molecular formula is C19H21FN4O2. The number of alkyl halides is 1. The number of halogens is 1. The lowest BCUT2D eigenvalue weighted by Crippen LogP contribution is -2.30. The molecule has 2 aromatic carbocycles. The Bertz CT molecular complexity index is 851. The van der Waals surface area contributed by atoms with Gasteiger partial charge < -0.3 is 10.1 Å². The second-order valence-electron chi connectivity index (χ2n) is 5.79. The minimum Gasteiger partial charge on any atom is -0.493 e. The summed E-state index contributed by atoms with van der Waals surface area (Å²) in [5.41, 5.74) is 1.94. The molecule has 0 saturated heterocycles. The molecule has 3 rings (SSSR count). The predicted octanol–water partition coefficient (Wildman–Crippen LogP) is 3.67. The Morgan fingerprint density at radius 2 is 2.04 bits per heavy atom. The first-order chi connectivity index (χ1) is 12.8. The van der Waals surface area contributed by atoms with Crippen molar-refractivity contribution in [3.63, 3.8) is 0 Å². The SMILES string of the molecule is O=C(NCCc1ccccc1)Nc1n[nH]c2ccc(OCCCF)cc12. The molecule has 0 saturated carbocycles. The predicted molar refractivity (Wildman–Crippen MR) is 99.3 cm³/mol. The highest BCUT2D eigenvalue weighted by atomic mass is 19.1. The van der Waals surface area contributed by atoms with Crippen LogP contribution in [0.15, 0.2) is 48.5 Å². The van der Waals surface area contributed by atoms with Gasteiger partial charge in [0.2, 0.25) is 0 Å². The molecule has 0 aliphatic heterocycles. The molecule has 3 N–H and O–H groups in total. The van der Waals surface area contributed by atoms with Crippen LogP contribution < -0.4 is 15.4 Å². The molecule has 0 radical (unpaired) electrons. The molecule has 1 aromatic heterocycles. The van der Waals surface area contributed by atoms with Gasteiger partial charge in [0, 0.05) is 18.4 Å². The van der Waals surface area contributed by atoms with Crippen molar-refractivity contribution in [3.05, 3.63) is 54.1 Å². The number of anilines is 1. The summed E-state index contributed by atoms with van der Waals surface area (Å²) in [5.74, 6) is 1.04. The van der Waals surface area contributed by atoms with Gasteiger partial charge in [-0.05, 0) is 30.2 Å². The molecule has 0 spiro atoms. The fourth-order valence-corrected chi connectivity index (χ4v) is 2.54. The number of rotatable bonds is 8. The Kier molecular flexibility index (Phi) is 6.03. The van der Waals surface area contributed by atoms with Crippen molar-refractivity contribution >= 4 is 22.8 Å². The number of fused-ring (bicyclic) bond motifs is 1. The maximum Gasteiger partial charge on any atom is 0.320 e. The molecule has 136 valence electrons. The number of ether oxygens (including phenoxy) is 1. The van der Waals surface area contributed by atoms with E-state index in [9.17, 15) is 9.18 Å². The van der Waals surface area contributed by atoms with E-state index in [2.05, 4.69) is 20.8 Å². The number of carbonyl (C=O) groups is 1. The first kappa shape index (κ1) is 17.7. The summed E-state index contributed by atoms with van der Waals surface area (Å²) < 4.78 is 17.7. The second kappa shape index (κ2) is 8.84. The number of hydrogen-bond acceptors (Lipinski definition) is 3. The smallest absolute Gasteiger partial charge is 0.320 e. The molecule has 6 nitrogen and oxygen atoms in total. The van der Waals surface area contributed by atoms with Gasteiger partial charge in [-0.1, -0.05) is 30.3 Å². The Balaban J connectivity index is 1.57. The van der Waals surface area contributed by atoms with Crippen LogP contribution >= 0.6 is 0 Å². The van der Waals surface area contributed by atoms with E-state index in [1.807, 2.05) is 36.4 Å². The highest BCUT2D eigenvalue weighted by Gasteiger charge is 2.10. The molecule has 0 bridgehead atoms. The lowest BCUT2D eigenvalue weighted by atomic mass is 10.1. The lowest BCUT2D eigenvalue weighted by Gasteiger charge is -2.07. The van der Waals surface area contributed by atoms with E-state index in [4.69, 9.17) is 4.74 Å². The topological polar surface area (TPSA) is 79.0 Å². The van der Waals surface area contributed by atoms with Crippen LogP contribution in [-0.2, 0) is 6.42 Å². The zero-order valence-corrected chi connectivity index (χ0v) is 14.3. The van der Waals surface area contributed by atoms with Gasteiger partial charge in [-0.25, -0.2) is 4.79 Å². The van der Waals surface area contributed by atoms with Crippen LogP contribution in [0.1, 0.15) is 12.0 Å². The molecule has 7 heteroatoms. The number of nitrogens with one attached hydrogen (secondary N) is 3. The minimum atomic E-state index is -0.413. The number of benzene rings is 2. The average molecular weight is 356 g/mol. The van der Waals surface area contributed by atoms with Crippen LogP contribution in [0.4, 0.5) is 15.0 Å². The van der Waals surface area contributed by atoms with Gasteiger partial charge in [0.15, 0.2) is 5.82 Å². The zero-order valence-electron chi connectivity index (χ0n) is 14.3. The molecule has 0 aliphatic rings. The normalized spacial score (nSPS) is 10.7. The molecule has 3 aromatic rings. The highest BCUT2D eigenvalue weighted by molar-refractivity contribution is 5.99. The summed E-state index contributed by atoms with van der Waals surface area (Å²) in [4.78, 5) is 12.1. The third-order valence-electron chi connectivity index (χ3n) is 3.85. The number of nitrogens with zero attached hydrogens (tertiary/aromatic N) is 1. The molecule has 2 amide bonds. The number of carbonyl (C=O) groups excluding carboxylic acids is 1. The maximum absolute atomic E-state index is 12.2. The number of aromatic amines is 1. The summed E-state index contributed by atoms with van der Waals surface area (Å²) in [6, 6.07) is 15.0. The number of hydrogen-bond donors (Lipinski definition) is 3. The maximum atomic E-state index is 12.2. The summed E-state index contributed by atoms with van der Waals surface area (Å²) in [6.45, 7) is 0.419. The third-order valence-corrected chi connectivity index (χ3v) is 3.85. The molecule has 0 aliphatic carbocycles. The van der Waals surface area contributed by atoms with Gasteiger partial charge >= 0.3 is 6.03 Å². The van der Waals surface area contributed by atoms with E-state index in [0.717, 1.165) is 22.9 Å². The first-order valence-corrected chi connectivity index (χ1v) is 8.52. The first-order valence-electron chi connectivity index (χ1n) is 8.52. The van der Waals surface area contributed by atoms with Crippen LogP contribution in [0.3, 0.4) is 0 Å². The number of H-pyrrole nitrogens is 1. The molecule has 0 unspecified atom stereocenters. The Morgan fingerprint density at radius 3 is 2.85 bits per heavy atom. The third kappa shape index (κ3) is 4.72. The van der Waals surface area contributed by atoms with Gasteiger partial charge in [0.25, 0.3) is 0 Å². The van der Waals surface area contributed by atoms with Crippen molar-refractivity contribution in [2.75, 3.05) is 25.1 Å². The van der Waals surface area contributed by atoms with E-state index in [1.54, 1.807) is 12.1 Å². The van der Waals surface area contributed by atoms with E-state index in [0.29, 0.717) is 31.1 Å². The Labute approximate surface area is 150 Å². The highest BCUT2D eigenvalue weighted by Crippen LogP contribution is 2.25. The average Bonchev–Trinajstić information content (AvgIpc) is 3.05. The van der Waals surface area contributed by atoms with Crippen molar-refractivity contribution in [2.45, 2.75) is 12.8 Å². The van der Waals surface area contributed by atoms with Gasteiger partial charge in [-0.15, -0.1) is 0 Å². The fraction of sp³-hybridized carbons (Fsp3) is 0.263. The van der Waals surface area contributed by atoms with E-state index >= 15 is 0 Å². The van der Waals surface area contributed by atoms with Crippen LogP contribution in [0, 0.1) is 0 Å². The number of urea groups is 1. The van der Waals surface area contributed by atoms with Crippen molar-refractivity contribution in [2.24, 2.45) is 0 Å². The monoisotopic (exact) mass is 356 g/mol. The lowest BCUT2D eigenvalue weighted by molar-refractivity contribution is 0.252. The zero-order chi connectivity index (χ0) is 18.2. The quantitative estimate of drug-likeness (QED) is 0.539. The van der Waals surface area contributed by atoms with Gasteiger partial charge in [0.1, 0.15) is 5.75 Å². The summed E-state index contributed by atoms with van der Waals surface area (Å²) in [6.07, 6.45) is 1.10. The molecule has 1 heterocycles. The number of amides is 2. The minimum absolute atomic E-state index is 0.308. The number of aromatic nitrogens is 2. The van der Waals surface area contributed by atoms with Crippen molar-refractivity contribution in [1.82, 2.24) is 15.5 Å². The summed E-state index contributed by atoms with van der Waals surface area (Å²) in [7, 11) is 0. The Hall–Kier alpha value is -3.09. The van der Waals surface area contributed by atoms with E-state index in [-0.39, 0.29) is 6.03 Å². The van der Waals surface area contributed by atoms with Crippen LogP contribution in [0.2, 0.25) is 0 Å². The van der Waals surface area contributed by atoms with Crippen molar-refractivity contribution in [1.29, 1.82) is 0 Å². The van der Waals surface area contributed by atoms with Gasteiger partial charge in [-0.2, -0.15) is 5.10 Å². The molecule has 26 heavy (non-hydrogen) atoms. The molecule has 0 fully saturated rings. The van der Waals surface area contributed by atoms with Crippen molar-refractivity contribution in [3.8, 4) is 5.75 Å². The summed E-state index contributed by atoms with van der Waals surface area (Å²) in [5, 5.41) is 13.3. The van der Waals surface area contributed by atoms with Crippen LogP contribution in [-0.4, -0.2) is 36.1 Å². The van der Waals surface area contributed by atoms with Crippen LogP contribution in [0.25, 0.3) is 10.9 Å². The van der Waals surface area contributed by atoms with E-state index < -0.39 is 6.67 Å².